The predicted molar refractivity (Wildman–Crippen MR) is 147 cm³/mol. The van der Waals surface area contributed by atoms with Gasteiger partial charge in [0.2, 0.25) is 5.91 Å². The van der Waals surface area contributed by atoms with Gasteiger partial charge >= 0.3 is 5.97 Å². The molecule has 1 amide bonds. The molecule has 0 saturated carbocycles. The van der Waals surface area contributed by atoms with E-state index in [1.54, 1.807) is 6.92 Å². The molecule has 198 valence electrons. The van der Waals surface area contributed by atoms with E-state index < -0.39 is 0 Å². The van der Waals surface area contributed by atoms with Gasteiger partial charge in [-0.05, 0) is 75.3 Å². The first-order valence-electron chi connectivity index (χ1n) is 12.4. The normalized spacial score (nSPS) is 12.8. The van der Waals surface area contributed by atoms with Crippen molar-refractivity contribution in [1.82, 2.24) is 14.8 Å². The van der Waals surface area contributed by atoms with Crippen LogP contribution in [0.3, 0.4) is 0 Å². The van der Waals surface area contributed by atoms with Crippen LogP contribution >= 0.6 is 34.7 Å². The highest BCUT2D eigenvalue weighted by Crippen LogP contribution is 2.38. The molecule has 0 unspecified atom stereocenters. The number of aromatic nitrogens is 3. The molecule has 0 saturated heterocycles. The summed E-state index contributed by atoms with van der Waals surface area (Å²) in [6.07, 6.45) is 5.40. The van der Waals surface area contributed by atoms with E-state index >= 15 is 0 Å². The molecular formula is C26H31ClN4O4S2. The second kappa shape index (κ2) is 12.8. The number of carbonyl (C=O) groups excluding carboxylic acids is 2. The Bertz CT molecular complexity index is 1270. The monoisotopic (exact) mass is 562 g/mol. The van der Waals surface area contributed by atoms with Gasteiger partial charge in [-0.25, -0.2) is 4.79 Å². The Morgan fingerprint density at radius 1 is 1.24 bits per heavy atom. The van der Waals surface area contributed by atoms with Crippen LogP contribution in [0, 0.1) is 6.92 Å². The minimum Gasteiger partial charge on any atom is -0.493 e. The molecule has 1 N–H and O–H groups in total. The van der Waals surface area contributed by atoms with Crippen molar-refractivity contribution in [2.45, 2.75) is 57.5 Å². The Kier molecular flexibility index (Phi) is 9.50. The molecule has 0 bridgehead atoms. The van der Waals surface area contributed by atoms with Gasteiger partial charge in [0.05, 0.1) is 24.5 Å². The highest BCUT2D eigenvalue weighted by molar-refractivity contribution is 7.99. The van der Waals surface area contributed by atoms with E-state index in [0.29, 0.717) is 40.4 Å². The van der Waals surface area contributed by atoms with E-state index in [9.17, 15) is 9.59 Å². The molecule has 37 heavy (non-hydrogen) atoms. The smallest absolute Gasteiger partial charge is 0.341 e. The van der Waals surface area contributed by atoms with Crippen LogP contribution in [0.5, 0.6) is 5.75 Å². The number of carbonyl (C=O) groups is 2. The van der Waals surface area contributed by atoms with Crippen molar-refractivity contribution < 1.29 is 19.1 Å². The summed E-state index contributed by atoms with van der Waals surface area (Å²) in [6, 6.07) is 5.57. The number of hydrogen-bond acceptors (Lipinski definition) is 8. The number of thiophene rings is 1. The molecule has 3 aromatic rings. The van der Waals surface area contributed by atoms with Crippen LogP contribution in [0.15, 0.2) is 23.4 Å². The Morgan fingerprint density at radius 3 is 2.84 bits per heavy atom. The van der Waals surface area contributed by atoms with Gasteiger partial charge in [0.25, 0.3) is 0 Å². The van der Waals surface area contributed by atoms with Crippen LogP contribution in [0.1, 0.15) is 58.4 Å². The lowest BCUT2D eigenvalue weighted by Crippen LogP contribution is -2.17. The van der Waals surface area contributed by atoms with E-state index in [0.717, 1.165) is 54.8 Å². The molecule has 8 nitrogen and oxygen atoms in total. The second-order valence-corrected chi connectivity index (χ2v) is 11.3. The van der Waals surface area contributed by atoms with Crippen LogP contribution in [0.25, 0.3) is 0 Å². The number of halogens is 1. The minimum atomic E-state index is -0.363. The Balaban J connectivity index is 1.29. The summed E-state index contributed by atoms with van der Waals surface area (Å²) in [6.45, 7) is 4.60. The largest absolute Gasteiger partial charge is 0.493 e. The van der Waals surface area contributed by atoms with E-state index in [1.807, 2.05) is 36.7 Å². The number of rotatable bonds is 11. The van der Waals surface area contributed by atoms with E-state index in [2.05, 4.69) is 15.5 Å². The van der Waals surface area contributed by atoms with Gasteiger partial charge < -0.3 is 19.4 Å². The maximum Gasteiger partial charge on any atom is 0.341 e. The molecule has 0 atom stereocenters. The molecule has 1 aromatic carbocycles. The van der Waals surface area contributed by atoms with Gasteiger partial charge in [-0.3, -0.25) is 4.79 Å². The first-order chi connectivity index (χ1) is 17.9. The van der Waals surface area contributed by atoms with Crippen LogP contribution in [-0.2, 0) is 35.8 Å². The fourth-order valence-corrected chi connectivity index (χ4v) is 6.49. The van der Waals surface area contributed by atoms with Crippen molar-refractivity contribution >= 4 is 51.6 Å². The van der Waals surface area contributed by atoms with Crippen LogP contribution in [-0.4, -0.2) is 45.6 Å². The zero-order chi connectivity index (χ0) is 26.4. The van der Waals surface area contributed by atoms with Crippen LogP contribution in [0.2, 0.25) is 5.02 Å². The minimum absolute atomic E-state index is 0.162. The third kappa shape index (κ3) is 6.86. The molecule has 0 aliphatic heterocycles. The van der Waals surface area contributed by atoms with Crippen molar-refractivity contribution in [3.05, 3.63) is 50.6 Å². The van der Waals surface area contributed by atoms with Gasteiger partial charge in [0.1, 0.15) is 16.6 Å². The number of esters is 1. The van der Waals surface area contributed by atoms with Gasteiger partial charge in [-0.15, -0.1) is 21.5 Å². The van der Waals surface area contributed by atoms with Gasteiger partial charge in [0.15, 0.2) is 5.16 Å². The number of amides is 1. The fourth-order valence-electron chi connectivity index (χ4n) is 4.24. The average Bonchev–Trinajstić information content (AvgIpc) is 3.41. The average molecular weight is 563 g/mol. The molecular weight excluding hydrogens is 532 g/mol. The fraction of sp³-hybridized carbons (Fsp3) is 0.462. The Labute approximate surface area is 230 Å². The molecule has 4 rings (SSSR count). The van der Waals surface area contributed by atoms with E-state index in [1.165, 1.54) is 28.0 Å². The van der Waals surface area contributed by atoms with E-state index in [4.69, 9.17) is 21.1 Å². The number of anilines is 1. The molecule has 1 aliphatic rings. The molecule has 0 fully saturated rings. The number of thioether (sulfide) groups is 1. The summed E-state index contributed by atoms with van der Waals surface area (Å²) in [7, 11) is 1.89. The van der Waals surface area contributed by atoms with Crippen molar-refractivity contribution in [3.8, 4) is 5.75 Å². The highest BCUT2D eigenvalue weighted by atomic mass is 35.5. The molecule has 11 heteroatoms. The number of nitrogens with one attached hydrogen (secondary N) is 1. The number of benzene rings is 1. The summed E-state index contributed by atoms with van der Waals surface area (Å²) in [5.74, 6) is 1.26. The number of aryl methyl sites for hydroxylation is 3. The summed E-state index contributed by atoms with van der Waals surface area (Å²) in [5, 5.41) is 13.4. The molecule has 1 aliphatic carbocycles. The third-order valence-corrected chi connectivity index (χ3v) is 8.56. The van der Waals surface area contributed by atoms with Gasteiger partial charge in [-0.2, -0.15) is 0 Å². The summed E-state index contributed by atoms with van der Waals surface area (Å²) in [4.78, 5) is 26.6. The summed E-state index contributed by atoms with van der Waals surface area (Å²) >= 11 is 8.80. The van der Waals surface area contributed by atoms with Crippen LogP contribution < -0.4 is 10.1 Å². The van der Waals surface area contributed by atoms with Gasteiger partial charge in [-0.1, -0.05) is 23.4 Å². The third-order valence-electron chi connectivity index (χ3n) is 6.10. The topological polar surface area (TPSA) is 95.3 Å². The number of ether oxygens (including phenoxy) is 2. The maximum atomic E-state index is 12.8. The molecule has 2 aromatic heterocycles. The predicted octanol–water partition coefficient (Wildman–Crippen LogP) is 5.64. The number of hydrogen-bond donors (Lipinski definition) is 1. The first kappa shape index (κ1) is 27.5. The zero-order valence-electron chi connectivity index (χ0n) is 21.3. The lowest BCUT2D eigenvalue weighted by molar-refractivity contribution is -0.113. The van der Waals surface area contributed by atoms with Crippen molar-refractivity contribution in [1.29, 1.82) is 0 Å². The summed E-state index contributed by atoms with van der Waals surface area (Å²) < 4.78 is 13.0. The SMILES string of the molecule is CCOC(=O)c1c(NC(=O)CSc2nnc(CCCOc3ccc(Cl)cc3C)n2C)sc2c1CCCC2. The highest BCUT2D eigenvalue weighted by Gasteiger charge is 2.27. The Morgan fingerprint density at radius 2 is 2.05 bits per heavy atom. The lowest BCUT2D eigenvalue weighted by atomic mass is 9.95. The van der Waals surface area contributed by atoms with Gasteiger partial charge in [0, 0.05) is 23.4 Å². The summed E-state index contributed by atoms with van der Waals surface area (Å²) in [5.41, 5.74) is 2.56. The Hall–Kier alpha value is -2.56. The zero-order valence-corrected chi connectivity index (χ0v) is 23.7. The molecule has 0 spiro atoms. The van der Waals surface area contributed by atoms with E-state index in [-0.39, 0.29) is 17.6 Å². The standard InChI is InChI=1S/C26H31ClN4O4S2/c1-4-34-25(33)23-18-8-5-6-9-20(18)37-24(23)28-22(32)15-36-26-30-29-21(31(26)3)10-7-13-35-19-12-11-17(27)14-16(19)2/h11-12,14H,4-10,13,15H2,1-3H3,(H,28,32). The lowest BCUT2D eigenvalue weighted by Gasteiger charge is -2.12. The van der Waals surface area contributed by atoms with Crippen LogP contribution in [0.4, 0.5) is 5.00 Å². The first-order valence-corrected chi connectivity index (χ1v) is 14.6. The quantitative estimate of drug-likeness (QED) is 0.184. The maximum absolute atomic E-state index is 12.8. The molecule has 2 heterocycles. The van der Waals surface area contributed by atoms with Crippen molar-refractivity contribution in [3.63, 3.8) is 0 Å². The second-order valence-electron chi connectivity index (χ2n) is 8.79. The van der Waals surface area contributed by atoms with Crippen molar-refractivity contribution in [2.24, 2.45) is 7.05 Å². The number of fused-ring (bicyclic) bond motifs is 1. The van der Waals surface area contributed by atoms with Crippen molar-refractivity contribution in [2.75, 3.05) is 24.3 Å². The molecule has 0 radical (unpaired) electrons. The number of nitrogens with zero attached hydrogens (tertiary/aromatic N) is 3.